The van der Waals surface area contributed by atoms with E-state index in [2.05, 4.69) is 20.8 Å². The van der Waals surface area contributed by atoms with Gasteiger partial charge in [-0.2, -0.15) is 4.68 Å². The number of benzene rings is 2. The summed E-state index contributed by atoms with van der Waals surface area (Å²) >= 11 is 6.25. The number of carboxylic acids is 1. The fourth-order valence-electron chi connectivity index (χ4n) is 4.66. The van der Waals surface area contributed by atoms with Crippen molar-refractivity contribution in [2.45, 2.75) is 18.9 Å². The van der Waals surface area contributed by atoms with Crippen LogP contribution >= 0.6 is 11.6 Å². The van der Waals surface area contributed by atoms with Gasteiger partial charge >= 0.3 is 5.97 Å². The third-order valence-corrected chi connectivity index (χ3v) is 6.53. The number of aryl methyl sites for hydroxylation is 1. The molecule has 1 atom stereocenters. The third-order valence-electron chi connectivity index (χ3n) is 6.30. The molecule has 0 radical (unpaired) electrons. The lowest BCUT2D eigenvalue weighted by molar-refractivity contribution is -0.119. The van der Waals surface area contributed by atoms with E-state index in [9.17, 15) is 14.4 Å². The molecule has 2 aromatic carbocycles. The van der Waals surface area contributed by atoms with Gasteiger partial charge in [-0.25, -0.2) is 4.79 Å². The largest absolute Gasteiger partial charge is 0.475 e. The van der Waals surface area contributed by atoms with Gasteiger partial charge in [-0.1, -0.05) is 11.6 Å². The van der Waals surface area contributed by atoms with E-state index < -0.39 is 12.0 Å². The van der Waals surface area contributed by atoms with Crippen LogP contribution in [0.3, 0.4) is 0 Å². The van der Waals surface area contributed by atoms with Crippen molar-refractivity contribution in [1.29, 1.82) is 0 Å². The van der Waals surface area contributed by atoms with E-state index in [4.69, 9.17) is 21.1 Å². The number of fused-ring (bicyclic) bond motifs is 2. The second-order valence-corrected chi connectivity index (χ2v) is 9.01. The minimum absolute atomic E-state index is 0.187. The highest BCUT2D eigenvalue weighted by molar-refractivity contribution is 6.31. The van der Waals surface area contributed by atoms with Gasteiger partial charge in [-0.15, -0.1) is 5.10 Å². The molecule has 1 aliphatic rings. The van der Waals surface area contributed by atoms with Gasteiger partial charge in [0.05, 0.1) is 5.69 Å². The van der Waals surface area contributed by atoms with Crippen molar-refractivity contribution < 1.29 is 19.1 Å². The van der Waals surface area contributed by atoms with Crippen molar-refractivity contribution in [2.75, 3.05) is 5.32 Å². The number of nitrogens with one attached hydrogen (secondary N) is 1. The van der Waals surface area contributed by atoms with Crippen LogP contribution in [-0.4, -0.2) is 41.8 Å². The molecule has 0 aliphatic carbocycles. The van der Waals surface area contributed by atoms with E-state index in [0.717, 1.165) is 5.69 Å². The standard InChI is InChI=1S/C25H17ClN6O5/c26-15-1-4-19(31-12-27-29-30-31)18(11-15)13-8-17-3-5-20(32(17)23(33)10-13)24(34)28-16-2-6-21-14(7-16)9-22(37-21)25(35)36/h1-2,4,6-12,20H,3,5H2,(H,28,34)(H,35,36)/t20-/m0/s1. The lowest BCUT2D eigenvalue weighted by atomic mass is 10.0. The lowest BCUT2D eigenvalue weighted by Gasteiger charge is -2.16. The van der Waals surface area contributed by atoms with Crippen molar-refractivity contribution in [3.63, 3.8) is 0 Å². The topological polar surface area (TPSA) is 145 Å². The zero-order valence-electron chi connectivity index (χ0n) is 19.0. The van der Waals surface area contributed by atoms with Gasteiger partial charge in [0, 0.05) is 33.4 Å². The van der Waals surface area contributed by atoms with E-state index >= 15 is 0 Å². The van der Waals surface area contributed by atoms with Crippen LogP contribution in [0.5, 0.6) is 0 Å². The number of halogens is 1. The number of nitrogens with zero attached hydrogens (tertiary/aromatic N) is 5. The molecule has 184 valence electrons. The fourth-order valence-corrected chi connectivity index (χ4v) is 4.83. The van der Waals surface area contributed by atoms with Gasteiger partial charge in [-0.3, -0.25) is 9.59 Å². The number of aromatic carboxylic acids is 1. The van der Waals surface area contributed by atoms with Crippen LogP contribution in [0.1, 0.15) is 28.7 Å². The summed E-state index contributed by atoms with van der Waals surface area (Å²) in [5.41, 5.74) is 3.26. The van der Waals surface area contributed by atoms with Crippen molar-refractivity contribution in [3.05, 3.63) is 87.8 Å². The molecule has 12 heteroatoms. The summed E-state index contributed by atoms with van der Waals surface area (Å²) in [5, 5.41) is 24.3. The molecule has 37 heavy (non-hydrogen) atoms. The van der Waals surface area contributed by atoms with Crippen molar-refractivity contribution in [1.82, 2.24) is 24.8 Å². The maximum Gasteiger partial charge on any atom is 0.371 e. The molecule has 1 aliphatic heterocycles. The van der Waals surface area contributed by atoms with Crippen molar-refractivity contribution >= 4 is 40.1 Å². The fraction of sp³-hybridized carbons (Fsp3) is 0.120. The molecule has 0 saturated heterocycles. The first kappa shape index (κ1) is 22.7. The summed E-state index contributed by atoms with van der Waals surface area (Å²) in [4.78, 5) is 37.5. The molecule has 0 bridgehead atoms. The maximum atomic E-state index is 13.2. The van der Waals surface area contributed by atoms with Crippen LogP contribution in [0.25, 0.3) is 27.8 Å². The first-order valence-electron chi connectivity index (χ1n) is 11.2. The Hall–Kier alpha value is -4.77. The zero-order chi connectivity index (χ0) is 25.7. The number of amides is 1. The number of carbonyl (C=O) groups is 2. The Morgan fingerprint density at radius 1 is 1.11 bits per heavy atom. The average molecular weight is 517 g/mol. The second-order valence-electron chi connectivity index (χ2n) is 8.57. The maximum absolute atomic E-state index is 13.2. The number of pyridine rings is 1. The first-order chi connectivity index (χ1) is 17.9. The molecule has 0 saturated carbocycles. The smallest absolute Gasteiger partial charge is 0.371 e. The number of hydrogen-bond donors (Lipinski definition) is 2. The lowest BCUT2D eigenvalue weighted by Crippen LogP contribution is -2.31. The van der Waals surface area contributed by atoms with Gasteiger partial charge in [0.15, 0.2) is 0 Å². The Morgan fingerprint density at radius 3 is 2.76 bits per heavy atom. The number of carbonyl (C=O) groups excluding carboxylic acids is 1. The second kappa shape index (κ2) is 8.71. The summed E-state index contributed by atoms with van der Waals surface area (Å²) in [6.07, 6.45) is 2.44. The molecule has 6 rings (SSSR count). The summed E-state index contributed by atoms with van der Waals surface area (Å²) in [6.45, 7) is 0. The molecule has 4 heterocycles. The average Bonchev–Trinajstić information content (AvgIpc) is 3.63. The number of rotatable bonds is 5. The van der Waals surface area contributed by atoms with Crippen LogP contribution in [0.15, 0.2) is 70.1 Å². The van der Waals surface area contributed by atoms with Crippen LogP contribution in [0, 0.1) is 0 Å². The normalized spacial score (nSPS) is 14.6. The summed E-state index contributed by atoms with van der Waals surface area (Å²) < 4.78 is 8.25. The van der Waals surface area contributed by atoms with Crippen molar-refractivity contribution in [2.24, 2.45) is 0 Å². The minimum atomic E-state index is -1.18. The number of anilines is 1. The molecular formula is C25H17ClN6O5. The van der Waals surface area contributed by atoms with Gasteiger partial charge in [0.2, 0.25) is 11.7 Å². The van der Waals surface area contributed by atoms with Crippen LogP contribution < -0.4 is 10.9 Å². The molecule has 0 spiro atoms. The predicted molar refractivity (Wildman–Crippen MR) is 133 cm³/mol. The SMILES string of the molecule is O=C(O)c1cc2cc(NC(=O)[C@@H]3CCc4cc(-c5cc(Cl)ccc5-n5cnnn5)cc(=O)n43)ccc2o1. The van der Waals surface area contributed by atoms with Gasteiger partial charge in [-0.05, 0) is 77.4 Å². The monoisotopic (exact) mass is 516 g/mol. The van der Waals surface area contributed by atoms with E-state index in [1.807, 2.05) is 6.07 Å². The van der Waals surface area contributed by atoms with Gasteiger partial charge in [0.1, 0.15) is 18.0 Å². The van der Waals surface area contributed by atoms with Gasteiger partial charge < -0.3 is 19.4 Å². The quantitative estimate of drug-likeness (QED) is 0.359. The molecule has 0 fully saturated rings. The van der Waals surface area contributed by atoms with E-state index in [1.54, 1.807) is 36.4 Å². The Labute approximate surface area is 212 Å². The highest BCUT2D eigenvalue weighted by Gasteiger charge is 2.30. The number of furan rings is 1. The van der Waals surface area contributed by atoms with E-state index in [1.165, 1.54) is 27.7 Å². The number of hydrogen-bond acceptors (Lipinski definition) is 7. The molecule has 3 aromatic heterocycles. The van der Waals surface area contributed by atoms with E-state index in [-0.39, 0.29) is 17.2 Å². The predicted octanol–water partition coefficient (Wildman–Crippen LogP) is 3.71. The van der Waals surface area contributed by atoms with Crippen molar-refractivity contribution in [3.8, 4) is 16.8 Å². The Balaban J connectivity index is 1.31. The van der Waals surface area contributed by atoms with E-state index in [0.29, 0.717) is 51.3 Å². The highest BCUT2D eigenvalue weighted by atomic mass is 35.5. The molecule has 5 aromatic rings. The summed E-state index contributed by atoms with van der Waals surface area (Å²) in [5.74, 6) is -1.70. The van der Waals surface area contributed by atoms with Crippen LogP contribution in [0.2, 0.25) is 5.02 Å². The Kier molecular flexibility index (Phi) is 5.34. The van der Waals surface area contributed by atoms with Crippen LogP contribution in [-0.2, 0) is 11.2 Å². The number of aromatic nitrogens is 5. The Bertz CT molecular complexity index is 1760. The first-order valence-corrected chi connectivity index (χ1v) is 11.6. The number of carboxylic acid groups (broad SMARTS) is 1. The molecule has 2 N–H and O–H groups in total. The molecule has 0 unspecified atom stereocenters. The minimum Gasteiger partial charge on any atom is -0.475 e. The molecular weight excluding hydrogens is 500 g/mol. The van der Waals surface area contributed by atoms with Crippen LogP contribution in [0.4, 0.5) is 5.69 Å². The molecule has 1 amide bonds. The summed E-state index contributed by atoms with van der Waals surface area (Å²) in [6, 6.07) is 14.1. The van der Waals surface area contributed by atoms with Gasteiger partial charge in [0.25, 0.3) is 5.56 Å². The third kappa shape index (κ3) is 4.04. The Morgan fingerprint density at radius 2 is 1.97 bits per heavy atom. The summed E-state index contributed by atoms with van der Waals surface area (Å²) in [7, 11) is 0. The molecule has 11 nitrogen and oxygen atoms in total. The number of tetrazole rings is 1. The highest BCUT2D eigenvalue weighted by Crippen LogP contribution is 2.33. The zero-order valence-corrected chi connectivity index (χ0v) is 19.7.